The number of hydrogen-bond acceptors (Lipinski definition) is 4. The van der Waals surface area contributed by atoms with E-state index < -0.39 is 21.7 Å². The van der Waals surface area contributed by atoms with Crippen LogP contribution in [0.1, 0.15) is 39.5 Å². The zero-order chi connectivity index (χ0) is 16.2. The Kier molecular flexibility index (Phi) is 14.3. The summed E-state index contributed by atoms with van der Waals surface area (Å²) < 4.78 is 19.5. The molecule has 0 fully saturated rings. The molecular weight excluding hydrogens is 308 g/mol. The van der Waals surface area contributed by atoms with Gasteiger partial charge in [0.1, 0.15) is 0 Å². The molecule has 0 radical (unpaired) electrons. The highest BCUT2D eigenvalue weighted by molar-refractivity contribution is 7.52. The largest absolute Gasteiger partial charge is 0.692 e. The van der Waals surface area contributed by atoms with Gasteiger partial charge in [-0.05, 0) is 25.9 Å². The lowest BCUT2D eigenvalue weighted by Crippen LogP contribution is -2.34. The second-order valence-electron chi connectivity index (χ2n) is 4.33. The maximum atomic E-state index is 10.8. The van der Waals surface area contributed by atoms with Crippen LogP contribution in [0.25, 0.3) is 0 Å². The Morgan fingerprint density at radius 2 is 1.45 bits per heavy atom. The van der Waals surface area contributed by atoms with Crippen LogP contribution in [-0.2, 0) is 9.13 Å². The Morgan fingerprint density at radius 3 is 1.70 bits per heavy atom. The number of aliphatic hydroxyl groups excluding tert-OH is 1. The van der Waals surface area contributed by atoms with Crippen molar-refractivity contribution in [2.24, 2.45) is 0 Å². The lowest BCUT2D eigenvalue weighted by atomic mass is 10.2. The summed E-state index contributed by atoms with van der Waals surface area (Å²) in [7, 11) is -7.23. The van der Waals surface area contributed by atoms with Gasteiger partial charge in [-0.2, -0.15) is 0 Å². The van der Waals surface area contributed by atoms with E-state index in [1.54, 1.807) is 0 Å². The minimum Gasteiger partial charge on any atom is -0.379 e. The number of unbranched alkanes of at least 4 members (excludes halogenated alkanes) is 2. The highest BCUT2D eigenvalue weighted by Gasteiger charge is 2.27. The third-order valence-electron chi connectivity index (χ3n) is 2.47. The highest BCUT2D eigenvalue weighted by atomic mass is 31.2. The minimum atomic E-state index is -4.36. The normalized spacial score (nSPS) is 12.8. The summed E-state index contributed by atoms with van der Waals surface area (Å²) in [5.41, 5.74) is 0. The summed E-state index contributed by atoms with van der Waals surface area (Å²) in [5.74, 6) is -1.55. The van der Waals surface area contributed by atoms with Gasteiger partial charge in [-0.1, -0.05) is 26.7 Å². The smallest absolute Gasteiger partial charge is 0.379 e. The molecule has 0 bridgehead atoms. The molecule has 8 nitrogen and oxygen atoms in total. The van der Waals surface area contributed by atoms with Crippen LogP contribution in [0.15, 0.2) is 0 Å². The first-order chi connectivity index (χ1) is 9.15. The summed E-state index contributed by atoms with van der Waals surface area (Å²) in [6, 6.07) is 0. The van der Waals surface area contributed by atoms with Crippen LogP contribution in [0.5, 0.6) is 0 Å². The minimum absolute atomic E-state index is 0.0598. The maximum Gasteiger partial charge on any atom is 0.692 e. The second kappa shape index (κ2) is 12.8. The molecule has 0 aromatic rings. The predicted molar refractivity (Wildman–Crippen MR) is 76.4 cm³/mol. The third kappa shape index (κ3) is 16.1. The van der Waals surface area contributed by atoms with E-state index in [0.29, 0.717) is 0 Å². The summed E-state index contributed by atoms with van der Waals surface area (Å²) >= 11 is 0. The van der Waals surface area contributed by atoms with Gasteiger partial charge in [-0.3, -0.25) is 4.57 Å². The van der Waals surface area contributed by atoms with Gasteiger partial charge in [-0.15, -0.1) is 9.79 Å². The first-order valence-electron chi connectivity index (χ1n) is 6.45. The molecule has 10 heteroatoms. The Morgan fingerprint density at radius 1 is 1.10 bits per heavy atom. The molecule has 0 heterocycles. The fourth-order valence-corrected chi connectivity index (χ4v) is 1.84. The summed E-state index contributed by atoms with van der Waals surface area (Å²) in [4.78, 5) is 33.8. The Bertz CT molecular complexity index is 285. The van der Waals surface area contributed by atoms with E-state index in [0.717, 1.165) is 38.8 Å². The maximum absolute atomic E-state index is 10.8. The average molecular weight is 334 g/mol. The number of nitrogens with zero attached hydrogens (tertiary/aromatic N) is 1. The topological polar surface area (TPSA) is 139 Å². The quantitative estimate of drug-likeness (QED) is 0.394. The van der Waals surface area contributed by atoms with E-state index in [4.69, 9.17) is 24.1 Å². The average Bonchev–Trinajstić information content (AvgIpc) is 2.30. The molecule has 0 amide bonds. The van der Waals surface area contributed by atoms with E-state index in [2.05, 4.69) is 13.8 Å². The molecule has 0 saturated heterocycles. The van der Waals surface area contributed by atoms with E-state index in [1.165, 1.54) is 0 Å². The van der Waals surface area contributed by atoms with Crippen molar-refractivity contribution in [3.05, 3.63) is 0 Å². The number of aliphatic hydroxyl groups is 1. The van der Waals surface area contributed by atoms with Crippen LogP contribution in [0, 0.1) is 0 Å². The van der Waals surface area contributed by atoms with Crippen molar-refractivity contribution >= 4 is 15.9 Å². The molecule has 0 aromatic carbocycles. The van der Waals surface area contributed by atoms with Crippen LogP contribution >= 0.6 is 15.9 Å². The first-order valence-corrected chi connectivity index (χ1v) is 9.30. The Balaban J connectivity index is 0. The van der Waals surface area contributed by atoms with Gasteiger partial charge >= 0.3 is 15.9 Å². The highest BCUT2D eigenvalue weighted by Crippen LogP contribution is 2.39. The SMILES string of the molecule is CCCCN(CCCC)CC(O)P(=O)(O)O.O=[P+](O)O. The standard InChI is InChI=1S/C10H24NO4P.HO3P/c1-3-5-7-11(8-6-4-2)9-10(12)16(13,14)15;1-4(2)3/h10,12H,3-9H2,1-2H3,(H2,13,14,15);(H-,1,2,3)/p+1. The molecule has 5 N–H and O–H groups in total. The van der Waals surface area contributed by atoms with Crippen molar-refractivity contribution in [2.45, 2.75) is 45.4 Å². The lowest BCUT2D eigenvalue weighted by Gasteiger charge is -2.25. The van der Waals surface area contributed by atoms with Gasteiger partial charge < -0.3 is 19.8 Å². The van der Waals surface area contributed by atoms with Crippen LogP contribution in [0.2, 0.25) is 0 Å². The summed E-state index contributed by atoms with van der Waals surface area (Å²) in [5, 5.41) is 9.35. The molecule has 0 spiro atoms. The fourth-order valence-electron chi connectivity index (χ4n) is 1.40. The molecule has 0 saturated carbocycles. The first kappa shape index (κ1) is 22.4. The van der Waals surface area contributed by atoms with Gasteiger partial charge in [0.25, 0.3) is 0 Å². The Hall–Kier alpha value is 0.0900. The van der Waals surface area contributed by atoms with Crippen LogP contribution in [0.3, 0.4) is 0 Å². The van der Waals surface area contributed by atoms with Crippen molar-refractivity contribution in [1.82, 2.24) is 4.90 Å². The molecular formula is C10H26NO7P2+. The number of hydrogen-bond donors (Lipinski definition) is 5. The molecule has 20 heavy (non-hydrogen) atoms. The summed E-state index contributed by atoms with van der Waals surface area (Å²) in [6.45, 7) is 5.76. The van der Waals surface area contributed by atoms with E-state index in [-0.39, 0.29) is 6.54 Å². The van der Waals surface area contributed by atoms with Gasteiger partial charge in [0, 0.05) is 11.1 Å². The van der Waals surface area contributed by atoms with Crippen LogP contribution < -0.4 is 0 Å². The van der Waals surface area contributed by atoms with Crippen LogP contribution in [0.4, 0.5) is 0 Å². The molecule has 0 aromatic heterocycles. The van der Waals surface area contributed by atoms with Crippen molar-refractivity contribution in [1.29, 1.82) is 0 Å². The molecule has 0 aliphatic heterocycles. The van der Waals surface area contributed by atoms with E-state index in [1.807, 2.05) is 4.90 Å². The van der Waals surface area contributed by atoms with Gasteiger partial charge in [0.05, 0.1) is 0 Å². The van der Waals surface area contributed by atoms with Gasteiger partial charge in [0.2, 0.25) is 0 Å². The second-order valence-corrected chi connectivity index (χ2v) is 6.61. The molecule has 1 unspecified atom stereocenters. The molecule has 0 aliphatic carbocycles. The van der Waals surface area contributed by atoms with Gasteiger partial charge in [-0.25, -0.2) is 0 Å². The monoisotopic (exact) mass is 334 g/mol. The van der Waals surface area contributed by atoms with Crippen molar-refractivity contribution in [3.8, 4) is 0 Å². The van der Waals surface area contributed by atoms with Crippen LogP contribution in [-0.4, -0.2) is 55.1 Å². The predicted octanol–water partition coefficient (Wildman–Crippen LogP) is 1.01. The van der Waals surface area contributed by atoms with Crippen molar-refractivity contribution in [2.75, 3.05) is 19.6 Å². The zero-order valence-electron chi connectivity index (χ0n) is 11.9. The van der Waals surface area contributed by atoms with Crippen molar-refractivity contribution < 1.29 is 33.8 Å². The molecule has 0 aliphatic rings. The molecule has 1 atom stereocenters. The van der Waals surface area contributed by atoms with E-state index >= 15 is 0 Å². The molecule has 0 rings (SSSR count). The third-order valence-corrected chi connectivity index (χ3v) is 3.41. The Labute approximate surface area is 120 Å². The van der Waals surface area contributed by atoms with Crippen molar-refractivity contribution in [3.63, 3.8) is 0 Å². The zero-order valence-corrected chi connectivity index (χ0v) is 13.7. The lowest BCUT2D eigenvalue weighted by molar-refractivity contribution is 0.139. The summed E-state index contributed by atoms with van der Waals surface area (Å²) in [6.07, 6.45) is 4.04. The molecule has 122 valence electrons. The fraction of sp³-hybridized carbons (Fsp3) is 1.00. The number of rotatable bonds is 9. The van der Waals surface area contributed by atoms with Gasteiger partial charge in [0.15, 0.2) is 5.85 Å². The van der Waals surface area contributed by atoms with E-state index in [9.17, 15) is 9.67 Å².